The number of hydrogen-bond acceptors (Lipinski definition) is 4. The number of nitrogens with zero attached hydrogens (tertiary/aromatic N) is 1. The van der Waals surface area contributed by atoms with Gasteiger partial charge in [-0.2, -0.15) is 0 Å². The van der Waals surface area contributed by atoms with Crippen molar-refractivity contribution < 1.29 is 4.79 Å². The highest BCUT2D eigenvalue weighted by molar-refractivity contribution is 9.10. The monoisotopic (exact) mass is 353 g/mol. The highest BCUT2D eigenvalue weighted by atomic mass is 79.9. The molecule has 0 fully saturated rings. The standard InChI is InChI=1S/C14H16BrN3OS/c1-8-12(20-9(2)17-8)18-13(19)14(3,16)10-4-6-11(15)7-5-10/h4-7H,16H2,1-3H3,(H,18,19). The molecule has 1 heterocycles. The topological polar surface area (TPSA) is 68.0 Å². The molecule has 0 spiro atoms. The second-order valence-corrected chi connectivity index (χ2v) is 6.93. The first-order chi connectivity index (χ1) is 9.30. The molecule has 2 aromatic rings. The van der Waals surface area contributed by atoms with Crippen molar-refractivity contribution in [3.05, 3.63) is 45.0 Å². The van der Waals surface area contributed by atoms with Gasteiger partial charge in [0.25, 0.3) is 0 Å². The van der Waals surface area contributed by atoms with Crippen molar-refractivity contribution in [2.45, 2.75) is 26.3 Å². The molecule has 0 aliphatic rings. The highest BCUT2D eigenvalue weighted by Crippen LogP contribution is 2.27. The number of anilines is 1. The summed E-state index contributed by atoms with van der Waals surface area (Å²) in [6.07, 6.45) is 0. The van der Waals surface area contributed by atoms with Gasteiger partial charge in [0.2, 0.25) is 5.91 Å². The minimum Gasteiger partial charge on any atom is -0.314 e. The highest BCUT2D eigenvalue weighted by Gasteiger charge is 2.31. The Morgan fingerprint density at radius 3 is 2.45 bits per heavy atom. The average molecular weight is 354 g/mol. The van der Waals surface area contributed by atoms with Crippen LogP contribution in [0.1, 0.15) is 23.2 Å². The Balaban J connectivity index is 2.23. The molecule has 20 heavy (non-hydrogen) atoms. The summed E-state index contributed by atoms with van der Waals surface area (Å²) in [6.45, 7) is 5.48. The molecule has 0 aliphatic carbocycles. The third-order valence-corrected chi connectivity index (χ3v) is 4.56. The van der Waals surface area contributed by atoms with E-state index in [9.17, 15) is 4.79 Å². The van der Waals surface area contributed by atoms with Gasteiger partial charge in [-0.15, -0.1) is 11.3 Å². The fourth-order valence-electron chi connectivity index (χ4n) is 1.81. The van der Waals surface area contributed by atoms with Crippen LogP contribution in [-0.2, 0) is 10.3 Å². The number of nitrogens with two attached hydrogens (primary N) is 1. The molecule has 106 valence electrons. The zero-order valence-electron chi connectivity index (χ0n) is 11.5. The number of amides is 1. The van der Waals surface area contributed by atoms with Crippen molar-refractivity contribution in [2.75, 3.05) is 5.32 Å². The second kappa shape index (κ2) is 5.63. The van der Waals surface area contributed by atoms with Crippen LogP contribution in [0.25, 0.3) is 0 Å². The summed E-state index contributed by atoms with van der Waals surface area (Å²) in [5.41, 5.74) is 6.67. The molecule has 3 N–H and O–H groups in total. The van der Waals surface area contributed by atoms with Gasteiger partial charge in [-0.25, -0.2) is 4.98 Å². The Bertz CT molecular complexity index is 634. The molecule has 1 unspecified atom stereocenters. The van der Waals surface area contributed by atoms with Gasteiger partial charge in [0, 0.05) is 4.47 Å². The number of thiazole rings is 1. The van der Waals surface area contributed by atoms with Crippen molar-refractivity contribution in [1.82, 2.24) is 4.98 Å². The quantitative estimate of drug-likeness (QED) is 0.888. The summed E-state index contributed by atoms with van der Waals surface area (Å²) in [7, 11) is 0. The van der Waals surface area contributed by atoms with Crippen LogP contribution in [0.15, 0.2) is 28.7 Å². The van der Waals surface area contributed by atoms with Crippen LogP contribution in [-0.4, -0.2) is 10.9 Å². The van der Waals surface area contributed by atoms with E-state index < -0.39 is 5.54 Å². The summed E-state index contributed by atoms with van der Waals surface area (Å²) >= 11 is 4.82. The molecule has 2 rings (SSSR count). The van der Waals surface area contributed by atoms with E-state index in [-0.39, 0.29) is 5.91 Å². The summed E-state index contributed by atoms with van der Waals surface area (Å²) < 4.78 is 0.950. The van der Waals surface area contributed by atoms with E-state index in [1.165, 1.54) is 11.3 Å². The number of hydrogen-bond donors (Lipinski definition) is 2. The van der Waals surface area contributed by atoms with Crippen LogP contribution in [0.4, 0.5) is 5.00 Å². The van der Waals surface area contributed by atoms with Gasteiger partial charge in [0.15, 0.2) is 0 Å². The molecule has 1 aromatic carbocycles. The summed E-state index contributed by atoms with van der Waals surface area (Å²) in [4.78, 5) is 16.7. The minimum atomic E-state index is -1.09. The number of rotatable bonds is 3. The fourth-order valence-corrected chi connectivity index (χ4v) is 2.89. The van der Waals surface area contributed by atoms with Crippen LogP contribution in [0.3, 0.4) is 0 Å². The Hall–Kier alpha value is -1.24. The smallest absolute Gasteiger partial charge is 0.249 e. The number of halogens is 1. The Morgan fingerprint density at radius 1 is 1.35 bits per heavy atom. The molecule has 0 bridgehead atoms. The van der Waals surface area contributed by atoms with Gasteiger partial charge in [0.05, 0.1) is 10.7 Å². The molecule has 1 aromatic heterocycles. The first-order valence-electron chi connectivity index (χ1n) is 6.11. The van der Waals surface area contributed by atoms with Gasteiger partial charge in [-0.05, 0) is 38.5 Å². The molecule has 6 heteroatoms. The molecular weight excluding hydrogens is 338 g/mol. The third-order valence-electron chi connectivity index (χ3n) is 3.05. The largest absolute Gasteiger partial charge is 0.314 e. The van der Waals surface area contributed by atoms with Gasteiger partial charge >= 0.3 is 0 Å². The molecule has 0 aliphatic heterocycles. The van der Waals surface area contributed by atoms with E-state index in [0.29, 0.717) is 0 Å². The van der Waals surface area contributed by atoms with Crippen LogP contribution in [0.5, 0.6) is 0 Å². The summed E-state index contributed by atoms with van der Waals surface area (Å²) in [5.74, 6) is -0.244. The zero-order valence-corrected chi connectivity index (χ0v) is 13.9. The first-order valence-corrected chi connectivity index (χ1v) is 7.72. The van der Waals surface area contributed by atoms with Gasteiger partial charge in [-0.1, -0.05) is 28.1 Å². The van der Waals surface area contributed by atoms with E-state index in [0.717, 1.165) is 25.7 Å². The summed E-state index contributed by atoms with van der Waals surface area (Å²) in [5, 5.41) is 4.53. The van der Waals surface area contributed by atoms with E-state index in [1.54, 1.807) is 6.92 Å². The molecule has 0 saturated heterocycles. The number of nitrogens with one attached hydrogen (secondary N) is 1. The minimum absolute atomic E-state index is 0.244. The molecule has 0 radical (unpaired) electrons. The average Bonchev–Trinajstić information content (AvgIpc) is 2.68. The predicted molar refractivity (Wildman–Crippen MR) is 85.9 cm³/mol. The SMILES string of the molecule is Cc1nc(C)c(NC(=O)C(C)(N)c2ccc(Br)cc2)s1. The van der Waals surface area contributed by atoms with Crippen LogP contribution in [0.2, 0.25) is 0 Å². The van der Waals surface area contributed by atoms with E-state index in [1.807, 2.05) is 38.1 Å². The van der Waals surface area contributed by atoms with Crippen LogP contribution in [0, 0.1) is 13.8 Å². The lowest BCUT2D eigenvalue weighted by Gasteiger charge is -2.23. The third kappa shape index (κ3) is 3.08. The number of carbonyl (C=O) groups excluding carboxylic acids is 1. The second-order valence-electron chi connectivity index (χ2n) is 4.81. The number of aryl methyl sites for hydroxylation is 2. The maximum absolute atomic E-state index is 12.4. The van der Waals surface area contributed by atoms with Gasteiger partial charge in [-0.3, -0.25) is 4.79 Å². The van der Waals surface area contributed by atoms with Crippen molar-refractivity contribution in [1.29, 1.82) is 0 Å². The van der Waals surface area contributed by atoms with Crippen LogP contribution >= 0.6 is 27.3 Å². The molecule has 1 atom stereocenters. The molecule has 4 nitrogen and oxygen atoms in total. The first kappa shape index (κ1) is 15.2. The lowest BCUT2D eigenvalue weighted by Crippen LogP contribution is -2.45. The Kier molecular flexibility index (Phi) is 4.27. The van der Waals surface area contributed by atoms with Crippen LogP contribution < -0.4 is 11.1 Å². The maximum Gasteiger partial charge on any atom is 0.249 e. The number of aromatic nitrogens is 1. The fraction of sp³-hybridized carbons (Fsp3) is 0.286. The predicted octanol–water partition coefficient (Wildman–Crippen LogP) is 3.34. The zero-order chi connectivity index (χ0) is 14.9. The van der Waals surface area contributed by atoms with Gasteiger partial charge in [0.1, 0.15) is 10.5 Å². The van der Waals surface area contributed by atoms with Crippen molar-refractivity contribution >= 4 is 38.2 Å². The Morgan fingerprint density at radius 2 is 1.95 bits per heavy atom. The van der Waals surface area contributed by atoms with Crippen molar-refractivity contribution in [3.63, 3.8) is 0 Å². The van der Waals surface area contributed by atoms with Crippen molar-refractivity contribution in [2.24, 2.45) is 5.73 Å². The van der Waals surface area contributed by atoms with Gasteiger partial charge < -0.3 is 11.1 Å². The maximum atomic E-state index is 12.4. The number of carbonyl (C=O) groups is 1. The van der Waals surface area contributed by atoms with Crippen molar-refractivity contribution in [3.8, 4) is 0 Å². The summed E-state index contributed by atoms with van der Waals surface area (Å²) in [6, 6.07) is 7.43. The Labute approximate surface area is 130 Å². The number of benzene rings is 1. The normalized spacial score (nSPS) is 13.8. The lowest BCUT2D eigenvalue weighted by molar-refractivity contribution is -0.120. The van der Waals surface area contributed by atoms with E-state index in [2.05, 4.69) is 26.2 Å². The van der Waals surface area contributed by atoms with E-state index >= 15 is 0 Å². The molecule has 0 saturated carbocycles. The van der Waals surface area contributed by atoms with E-state index in [4.69, 9.17) is 5.73 Å². The lowest BCUT2D eigenvalue weighted by atomic mass is 9.92. The molecular formula is C14H16BrN3OS. The molecule has 1 amide bonds.